The molecule has 2 aromatic heterocycles. The molecule has 0 aliphatic heterocycles. The van der Waals surface area contributed by atoms with Gasteiger partial charge in [0.1, 0.15) is 0 Å². The normalized spacial score (nSPS) is 10.9. The van der Waals surface area contributed by atoms with Crippen LogP contribution in [0.15, 0.2) is 27.4 Å². The van der Waals surface area contributed by atoms with Crippen molar-refractivity contribution < 1.29 is 9.21 Å². The number of hydrogen-bond acceptors (Lipinski definition) is 4. The zero-order valence-corrected chi connectivity index (χ0v) is 10.9. The van der Waals surface area contributed by atoms with E-state index in [4.69, 9.17) is 4.42 Å². The Labute approximate surface area is 113 Å². The Hall–Kier alpha value is -2.83. The number of aromatic amines is 2. The third-order valence-corrected chi connectivity index (χ3v) is 3.03. The third kappa shape index (κ3) is 1.99. The smallest absolute Gasteiger partial charge is 0.408 e. The van der Waals surface area contributed by atoms with E-state index in [0.29, 0.717) is 33.7 Å². The van der Waals surface area contributed by atoms with Gasteiger partial charge in [-0.15, -0.1) is 0 Å². The van der Waals surface area contributed by atoms with Gasteiger partial charge in [0.05, 0.1) is 16.8 Å². The minimum Gasteiger partial charge on any atom is -0.408 e. The Bertz CT molecular complexity index is 836. The maximum atomic E-state index is 12.2. The Kier molecular flexibility index (Phi) is 2.67. The lowest BCUT2D eigenvalue weighted by molar-refractivity contribution is 0.102. The van der Waals surface area contributed by atoms with Crippen LogP contribution >= 0.6 is 0 Å². The highest BCUT2D eigenvalue weighted by molar-refractivity contribution is 6.06. The van der Waals surface area contributed by atoms with E-state index >= 15 is 0 Å². The van der Waals surface area contributed by atoms with Gasteiger partial charge in [0.15, 0.2) is 5.58 Å². The summed E-state index contributed by atoms with van der Waals surface area (Å²) in [7, 11) is 0. The van der Waals surface area contributed by atoms with Crippen LogP contribution < -0.4 is 11.1 Å². The molecule has 0 radical (unpaired) electrons. The fourth-order valence-corrected chi connectivity index (χ4v) is 2.11. The van der Waals surface area contributed by atoms with Crippen LogP contribution in [0.25, 0.3) is 11.1 Å². The Balaban J connectivity index is 1.93. The summed E-state index contributed by atoms with van der Waals surface area (Å²) in [5.74, 6) is -0.774. The molecule has 0 aliphatic carbocycles. The lowest BCUT2D eigenvalue weighted by atomic mass is 10.2. The Morgan fingerprint density at radius 2 is 2.15 bits per heavy atom. The fourth-order valence-electron chi connectivity index (χ4n) is 2.11. The molecule has 0 bridgehead atoms. The monoisotopic (exact) mass is 272 g/mol. The second kappa shape index (κ2) is 4.37. The summed E-state index contributed by atoms with van der Waals surface area (Å²) in [6.45, 7) is 3.54. The second-order valence-corrected chi connectivity index (χ2v) is 4.49. The first kappa shape index (κ1) is 12.2. The van der Waals surface area contributed by atoms with Crippen LogP contribution in [0.5, 0.6) is 0 Å². The Morgan fingerprint density at radius 1 is 1.35 bits per heavy atom. The van der Waals surface area contributed by atoms with Crippen molar-refractivity contribution in [3.63, 3.8) is 0 Å². The van der Waals surface area contributed by atoms with Crippen LogP contribution in [0.1, 0.15) is 21.7 Å². The number of amides is 1. The van der Waals surface area contributed by atoms with Gasteiger partial charge in [-0.05, 0) is 32.0 Å². The molecule has 0 saturated carbocycles. The lowest BCUT2D eigenvalue weighted by Crippen LogP contribution is -2.13. The summed E-state index contributed by atoms with van der Waals surface area (Å²) in [6, 6.07) is 4.93. The van der Waals surface area contributed by atoms with E-state index in [1.165, 1.54) is 0 Å². The molecule has 0 unspecified atom stereocenters. The van der Waals surface area contributed by atoms with Gasteiger partial charge in [0.2, 0.25) is 0 Å². The largest absolute Gasteiger partial charge is 0.417 e. The lowest BCUT2D eigenvalue weighted by Gasteiger charge is -2.05. The van der Waals surface area contributed by atoms with E-state index < -0.39 is 5.76 Å². The van der Waals surface area contributed by atoms with Gasteiger partial charge in [-0.3, -0.25) is 14.9 Å². The zero-order chi connectivity index (χ0) is 14.3. The van der Waals surface area contributed by atoms with E-state index in [2.05, 4.69) is 20.5 Å². The van der Waals surface area contributed by atoms with Crippen molar-refractivity contribution in [1.29, 1.82) is 0 Å². The average Bonchev–Trinajstić information content (AvgIpc) is 2.91. The number of oxazole rings is 1. The van der Waals surface area contributed by atoms with Gasteiger partial charge in [0.25, 0.3) is 5.91 Å². The molecule has 102 valence electrons. The van der Waals surface area contributed by atoms with E-state index in [9.17, 15) is 9.59 Å². The molecule has 0 fully saturated rings. The first-order valence-electron chi connectivity index (χ1n) is 6.00. The van der Waals surface area contributed by atoms with E-state index in [1.54, 1.807) is 32.0 Å². The summed E-state index contributed by atoms with van der Waals surface area (Å²) in [5.41, 5.74) is 3.41. The molecule has 3 rings (SSSR count). The maximum Gasteiger partial charge on any atom is 0.417 e. The number of nitrogens with zero attached hydrogens (tertiary/aromatic N) is 1. The minimum atomic E-state index is -0.523. The van der Waals surface area contributed by atoms with Gasteiger partial charge in [-0.1, -0.05) is 0 Å². The standard InChI is InChI=1S/C13H12N4O3/c1-6-11(7(2)17-16-6)12(18)14-8-3-4-10-9(5-8)15-13(19)20-10/h3-5H,1-2H3,(H,14,18)(H,15,19)(H,16,17). The number of hydrogen-bond donors (Lipinski definition) is 3. The molecule has 0 spiro atoms. The van der Waals surface area contributed by atoms with Crippen LogP contribution in [0.3, 0.4) is 0 Å². The highest BCUT2D eigenvalue weighted by atomic mass is 16.4. The number of fused-ring (bicyclic) bond motifs is 1. The number of rotatable bonds is 2. The number of aromatic nitrogens is 3. The SMILES string of the molecule is Cc1n[nH]c(C)c1C(=O)Nc1ccc2oc(=O)[nH]c2c1. The topological polar surface area (TPSA) is 104 Å². The number of H-pyrrole nitrogens is 2. The van der Waals surface area contributed by atoms with E-state index in [1.807, 2.05) is 0 Å². The summed E-state index contributed by atoms with van der Waals surface area (Å²) >= 11 is 0. The molecular formula is C13H12N4O3. The van der Waals surface area contributed by atoms with Crippen LogP contribution in [-0.4, -0.2) is 21.1 Å². The quantitative estimate of drug-likeness (QED) is 0.660. The molecule has 1 aromatic carbocycles. The molecule has 0 aliphatic rings. The summed E-state index contributed by atoms with van der Waals surface area (Å²) in [5, 5.41) is 9.51. The average molecular weight is 272 g/mol. The zero-order valence-electron chi connectivity index (χ0n) is 10.9. The highest BCUT2D eigenvalue weighted by Gasteiger charge is 2.15. The molecule has 2 heterocycles. The molecule has 0 saturated heterocycles. The third-order valence-electron chi connectivity index (χ3n) is 3.03. The van der Waals surface area contributed by atoms with Gasteiger partial charge < -0.3 is 9.73 Å². The fraction of sp³-hybridized carbons (Fsp3) is 0.154. The van der Waals surface area contributed by atoms with Crippen LogP contribution in [0, 0.1) is 13.8 Å². The van der Waals surface area contributed by atoms with Crippen LogP contribution in [0.4, 0.5) is 5.69 Å². The second-order valence-electron chi connectivity index (χ2n) is 4.49. The van der Waals surface area contributed by atoms with E-state index in [0.717, 1.165) is 0 Å². The van der Waals surface area contributed by atoms with Gasteiger partial charge in [-0.25, -0.2) is 4.79 Å². The molecule has 3 N–H and O–H groups in total. The number of anilines is 1. The predicted octanol–water partition coefficient (Wildman–Crippen LogP) is 1.71. The first-order valence-corrected chi connectivity index (χ1v) is 6.00. The molecule has 7 nitrogen and oxygen atoms in total. The molecular weight excluding hydrogens is 260 g/mol. The van der Waals surface area contributed by atoms with Crippen molar-refractivity contribution in [3.8, 4) is 0 Å². The van der Waals surface area contributed by atoms with Crippen molar-refractivity contribution in [2.75, 3.05) is 5.32 Å². The summed E-state index contributed by atoms with van der Waals surface area (Å²) in [4.78, 5) is 25.8. The molecule has 1 amide bonds. The van der Waals surface area contributed by atoms with E-state index in [-0.39, 0.29) is 5.91 Å². The summed E-state index contributed by atoms with van der Waals surface area (Å²) in [6.07, 6.45) is 0. The van der Waals surface area contributed by atoms with Crippen molar-refractivity contribution in [1.82, 2.24) is 15.2 Å². The van der Waals surface area contributed by atoms with Crippen molar-refractivity contribution in [2.45, 2.75) is 13.8 Å². The predicted molar refractivity (Wildman–Crippen MR) is 72.8 cm³/mol. The number of benzene rings is 1. The molecule has 7 heteroatoms. The van der Waals surface area contributed by atoms with Crippen molar-refractivity contribution in [3.05, 3.63) is 45.7 Å². The van der Waals surface area contributed by atoms with Gasteiger partial charge in [-0.2, -0.15) is 5.10 Å². The van der Waals surface area contributed by atoms with Crippen LogP contribution in [0.2, 0.25) is 0 Å². The number of aryl methyl sites for hydroxylation is 2. The highest BCUT2D eigenvalue weighted by Crippen LogP contribution is 2.18. The Morgan fingerprint density at radius 3 is 2.85 bits per heavy atom. The van der Waals surface area contributed by atoms with Crippen molar-refractivity contribution >= 4 is 22.7 Å². The maximum absolute atomic E-state index is 12.2. The molecule has 0 atom stereocenters. The first-order chi connectivity index (χ1) is 9.54. The van der Waals surface area contributed by atoms with Gasteiger partial charge in [0, 0.05) is 11.4 Å². The number of nitrogens with one attached hydrogen (secondary N) is 3. The van der Waals surface area contributed by atoms with Gasteiger partial charge >= 0.3 is 5.76 Å². The molecule has 3 aromatic rings. The summed E-state index contributed by atoms with van der Waals surface area (Å²) < 4.78 is 4.90. The van der Waals surface area contributed by atoms with Crippen LogP contribution in [-0.2, 0) is 0 Å². The number of carbonyl (C=O) groups excluding carboxylic acids is 1. The number of carbonyl (C=O) groups is 1. The molecule has 20 heavy (non-hydrogen) atoms. The minimum absolute atomic E-state index is 0.251. The van der Waals surface area contributed by atoms with Crippen molar-refractivity contribution in [2.24, 2.45) is 0 Å².